The first kappa shape index (κ1) is 10.7. The maximum absolute atomic E-state index is 2.50. The molecule has 0 radical (unpaired) electrons. The van der Waals surface area contributed by atoms with Gasteiger partial charge in [-0.2, -0.15) is 0 Å². The minimum atomic E-state index is 0.740. The standard InChI is InChI=1S/C9H19IN2/c1-8(2)9-7-12(10)6-4-5-11(9)3/h8-9H,4-7H2,1-3H3. The van der Waals surface area contributed by atoms with E-state index < -0.39 is 0 Å². The van der Waals surface area contributed by atoms with Gasteiger partial charge in [0.15, 0.2) is 0 Å². The summed E-state index contributed by atoms with van der Waals surface area (Å²) in [5.41, 5.74) is 0. The van der Waals surface area contributed by atoms with Gasteiger partial charge < -0.3 is 4.90 Å². The predicted octanol–water partition coefficient (Wildman–Crippen LogP) is 2.00. The molecule has 1 heterocycles. The predicted molar refractivity (Wildman–Crippen MR) is 61.5 cm³/mol. The summed E-state index contributed by atoms with van der Waals surface area (Å²) < 4.78 is 2.42. The van der Waals surface area contributed by atoms with E-state index in [1.807, 2.05) is 0 Å². The van der Waals surface area contributed by atoms with Crippen LogP contribution in [0.5, 0.6) is 0 Å². The molecular formula is C9H19IN2. The molecule has 0 aromatic carbocycles. The second-order valence-electron chi connectivity index (χ2n) is 4.01. The molecular weight excluding hydrogens is 263 g/mol. The molecule has 3 heteroatoms. The van der Waals surface area contributed by atoms with Gasteiger partial charge in [0, 0.05) is 42.0 Å². The van der Waals surface area contributed by atoms with E-state index in [2.05, 4.69) is 51.8 Å². The van der Waals surface area contributed by atoms with E-state index in [0.29, 0.717) is 0 Å². The number of hydrogen-bond acceptors (Lipinski definition) is 2. The average molecular weight is 282 g/mol. The van der Waals surface area contributed by atoms with Gasteiger partial charge in [0.2, 0.25) is 0 Å². The molecule has 1 fully saturated rings. The van der Waals surface area contributed by atoms with Crippen molar-refractivity contribution in [3.05, 3.63) is 0 Å². The summed E-state index contributed by atoms with van der Waals surface area (Å²) >= 11 is 2.45. The van der Waals surface area contributed by atoms with Crippen LogP contribution in [-0.4, -0.2) is 40.7 Å². The normalized spacial score (nSPS) is 29.2. The van der Waals surface area contributed by atoms with Crippen LogP contribution in [0.2, 0.25) is 0 Å². The van der Waals surface area contributed by atoms with Gasteiger partial charge in [0.05, 0.1) is 0 Å². The molecule has 2 nitrogen and oxygen atoms in total. The highest BCUT2D eigenvalue weighted by Crippen LogP contribution is 2.17. The minimum Gasteiger partial charge on any atom is -0.302 e. The molecule has 0 saturated carbocycles. The van der Waals surface area contributed by atoms with Crippen LogP contribution in [0.15, 0.2) is 0 Å². The fourth-order valence-electron chi connectivity index (χ4n) is 1.81. The van der Waals surface area contributed by atoms with Crippen molar-refractivity contribution in [3.8, 4) is 0 Å². The van der Waals surface area contributed by atoms with Crippen molar-refractivity contribution in [1.29, 1.82) is 0 Å². The molecule has 0 N–H and O–H groups in total. The van der Waals surface area contributed by atoms with E-state index in [9.17, 15) is 0 Å². The van der Waals surface area contributed by atoms with Crippen molar-refractivity contribution in [2.45, 2.75) is 26.3 Å². The number of halogens is 1. The molecule has 1 aliphatic heterocycles. The zero-order valence-electron chi connectivity index (χ0n) is 8.26. The zero-order chi connectivity index (χ0) is 9.14. The van der Waals surface area contributed by atoms with Crippen LogP contribution in [0.3, 0.4) is 0 Å². The Kier molecular flexibility index (Phi) is 4.26. The van der Waals surface area contributed by atoms with Gasteiger partial charge in [-0.1, -0.05) is 13.8 Å². The first-order chi connectivity index (χ1) is 5.61. The van der Waals surface area contributed by atoms with Crippen molar-refractivity contribution >= 4 is 22.9 Å². The van der Waals surface area contributed by atoms with Gasteiger partial charge in [-0.3, -0.25) is 0 Å². The largest absolute Gasteiger partial charge is 0.302 e. The lowest BCUT2D eigenvalue weighted by Gasteiger charge is -2.29. The van der Waals surface area contributed by atoms with Crippen molar-refractivity contribution in [1.82, 2.24) is 8.01 Å². The molecule has 12 heavy (non-hydrogen) atoms. The highest BCUT2D eigenvalue weighted by molar-refractivity contribution is 14.1. The fourth-order valence-corrected chi connectivity index (χ4v) is 2.56. The lowest BCUT2D eigenvalue weighted by molar-refractivity contribution is 0.197. The Morgan fingerprint density at radius 3 is 2.58 bits per heavy atom. The topological polar surface area (TPSA) is 6.48 Å². The van der Waals surface area contributed by atoms with Crippen LogP contribution >= 0.6 is 22.9 Å². The summed E-state index contributed by atoms with van der Waals surface area (Å²) in [7, 11) is 2.25. The van der Waals surface area contributed by atoms with Crippen molar-refractivity contribution in [2.75, 3.05) is 26.7 Å². The molecule has 0 bridgehead atoms. The molecule has 1 unspecified atom stereocenters. The van der Waals surface area contributed by atoms with Gasteiger partial charge in [0.1, 0.15) is 0 Å². The zero-order valence-corrected chi connectivity index (χ0v) is 10.4. The summed E-state index contributed by atoms with van der Waals surface area (Å²) in [4.78, 5) is 2.50. The van der Waals surface area contributed by atoms with Crippen molar-refractivity contribution < 1.29 is 0 Å². The Morgan fingerprint density at radius 1 is 1.33 bits per heavy atom. The van der Waals surface area contributed by atoms with Crippen LogP contribution in [0, 0.1) is 5.92 Å². The fraction of sp³-hybridized carbons (Fsp3) is 1.00. The van der Waals surface area contributed by atoms with Crippen molar-refractivity contribution in [3.63, 3.8) is 0 Å². The van der Waals surface area contributed by atoms with Crippen molar-refractivity contribution in [2.24, 2.45) is 5.92 Å². The van der Waals surface area contributed by atoms with Gasteiger partial charge in [-0.05, 0) is 25.9 Å². The lowest BCUT2D eigenvalue weighted by atomic mass is 10.0. The Morgan fingerprint density at radius 2 is 2.00 bits per heavy atom. The van der Waals surface area contributed by atoms with E-state index in [1.54, 1.807) is 0 Å². The third kappa shape index (κ3) is 2.85. The molecule has 1 aliphatic rings. The Bertz CT molecular complexity index is 138. The Balaban J connectivity index is 2.54. The molecule has 0 spiro atoms. The highest BCUT2D eigenvalue weighted by Gasteiger charge is 2.23. The molecule has 0 aliphatic carbocycles. The Labute approximate surface area is 89.8 Å². The maximum Gasteiger partial charge on any atom is 0.0251 e. The molecule has 0 aromatic heterocycles. The second kappa shape index (κ2) is 4.77. The van der Waals surface area contributed by atoms with E-state index in [-0.39, 0.29) is 0 Å². The van der Waals surface area contributed by atoms with Crippen LogP contribution < -0.4 is 0 Å². The third-order valence-corrected chi connectivity index (χ3v) is 3.51. The van der Waals surface area contributed by atoms with Crippen LogP contribution in [-0.2, 0) is 0 Å². The van der Waals surface area contributed by atoms with E-state index in [4.69, 9.17) is 0 Å². The lowest BCUT2D eigenvalue weighted by Crippen LogP contribution is -2.40. The summed E-state index contributed by atoms with van der Waals surface area (Å²) in [6, 6.07) is 0.740. The van der Waals surface area contributed by atoms with Gasteiger partial charge in [0.25, 0.3) is 0 Å². The van der Waals surface area contributed by atoms with Crippen LogP contribution in [0.25, 0.3) is 0 Å². The van der Waals surface area contributed by atoms with Crippen LogP contribution in [0.1, 0.15) is 20.3 Å². The summed E-state index contributed by atoms with van der Waals surface area (Å²) in [6.45, 7) is 8.35. The van der Waals surface area contributed by atoms with E-state index in [0.717, 1.165) is 12.0 Å². The molecule has 1 saturated heterocycles. The SMILES string of the molecule is CC(C)C1CN(I)CCCN1C. The second-order valence-corrected chi connectivity index (χ2v) is 5.38. The van der Waals surface area contributed by atoms with E-state index >= 15 is 0 Å². The smallest absolute Gasteiger partial charge is 0.0251 e. The van der Waals surface area contributed by atoms with E-state index in [1.165, 1.54) is 26.1 Å². The number of likely N-dealkylation sites (N-methyl/N-ethyl adjacent to an activating group) is 1. The molecule has 72 valence electrons. The monoisotopic (exact) mass is 282 g/mol. The molecule has 0 amide bonds. The molecule has 0 aromatic rings. The third-order valence-electron chi connectivity index (χ3n) is 2.63. The summed E-state index contributed by atoms with van der Waals surface area (Å²) in [6.07, 6.45) is 1.31. The van der Waals surface area contributed by atoms with Crippen LogP contribution in [0.4, 0.5) is 0 Å². The minimum absolute atomic E-state index is 0.740. The first-order valence-corrected chi connectivity index (χ1v) is 5.68. The average Bonchev–Trinajstić information content (AvgIpc) is 2.13. The number of nitrogens with zero attached hydrogens (tertiary/aromatic N) is 2. The molecule has 1 atom stereocenters. The van der Waals surface area contributed by atoms with Gasteiger partial charge in [-0.25, -0.2) is 3.11 Å². The highest BCUT2D eigenvalue weighted by atomic mass is 127. The summed E-state index contributed by atoms with van der Waals surface area (Å²) in [5, 5.41) is 0. The van der Waals surface area contributed by atoms with Gasteiger partial charge in [-0.15, -0.1) is 0 Å². The maximum atomic E-state index is 2.50. The number of hydrogen-bond donors (Lipinski definition) is 0. The van der Waals surface area contributed by atoms with Gasteiger partial charge >= 0.3 is 0 Å². The Hall–Kier alpha value is 0.650. The first-order valence-electron chi connectivity index (χ1n) is 4.72. The summed E-state index contributed by atoms with van der Waals surface area (Å²) in [5.74, 6) is 0.769. The number of rotatable bonds is 1. The quantitative estimate of drug-likeness (QED) is 0.536. The molecule has 1 rings (SSSR count).